The Morgan fingerprint density at radius 2 is 1.97 bits per heavy atom. The average molecular weight is 449 g/mol. The molecule has 1 fully saturated rings. The number of amides is 2. The summed E-state index contributed by atoms with van der Waals surface area (Å²) in [5.74, 6) is -0.0955. The molecular weight excluding hydrogens is 428 g/mol. The fourth-order valence-electron chi connectivity index (χ4n) is 4.03. The molecule has 0 unspecified atom stereocenters. The Balaban J connectivity index is 1.37. The molecule has 4 heterocycles. The minimum Gasteiger partial charge on any atom is -0.367 e. The van der Waals surface area contributed by atoms with Crippen LogP contribution >= 0.6 is 11.6 Å². The summed E-state index contributed by atoms with van der Waals surface area (Å²) in [7, 11) is 0. The van der Waals surface area contributed by atoms with E-state index in [2.05, 4.69) is 25.5 Å². The second-order valence-electron chi connectivity index (χ2n) is 7.66. The monoisotopic (exact) mass is 448 g/mol. The Morgan fingerprint density at radius 3 is 2.81 bits per heavy atom. The molecule has 162 valence electrons. The van der Waals surface area contributed by atoms with Crippen molar-refractivity contribution in [2.45, 2.75) is 6.54 Å². The second-order valence-corrected chi connectivity index (χ2v) is 8.09. The average Bonchev–Trinajstić information content (AvgIpc) is 3.15. The number of carbonyl (C=O) groups is 2. The third-order valence-electron chi connectivity index (χ3n) is 5.62. The first-order valence-electron chi connectivity index (χ1n) is 10.4. The fraction of sp³-hybridized carbons (Fsp3) is 0.217. The first-order chi connectivity index (χ1) is 15.6. The maximum Gasteiger partial charge on any atom is 0.274 e. The Bertz CT molecular complexity index is 1190. The van der Waals surface area contributed by atoms with Crippen molar-refractivity contribution in [3.8, 4) is 0 Å². The van der Waals surface area contributed by atoms with Crippen LogP contribution in [0, 0.1) is 0 Å². The van der Waals surface area contributed by atoms with Gasteiger partial charge in [0.25, 0.3) is 11.8 Å². The maximum atomic E-state index is 13.0. The van der Waals surface area contributed by atoms with Crippen molar-refractivity contribution in [2.75, 3.05) is 41.3 Å². The number of anilines is 3. The van der Waals surface area contributed by atoms with Gasteiger partial charge in [0, 0.05) is 43.0 Å². The zero-order valence-corrected chi connectivity index (χ0v) is 18.0. The lowest BCUT2D eigenvalue weighted by molar-refractivity contribution is 0.0990. The predicted molar refractivity (Wildman–Crippen MR) is 123 cm³/mol. The largest absolute Gasteiger partial charge is 0.367 e. The minimum atomic E-state index is -0.358. The highest BCUT2D eigenvalue weighted by Gasteiger charge is 2.30. The predicted octanol–water partition coefficient (Wildman–Crippen LogP) is 2.95. The van der Waals surface area contributed by atoms with Gasteiger partial charge in [-0.25, -0.2) is 4.98 Å². The molecule has 0 atom stereocenters. The van der Waals surface area contributed by atoms with Crippen LogP contribution in [0.1, 0.15) is 26.4 Å². The summed E-state index contributed by atoms with van der Waals surface area (Å²) < 4.78 is 0. The highest BCUT2D eigenvalue weighted by molar-refractivity contribution is 6.31. The number of nitrogens with zero attached hydrogens (tertiary/aromatic N) is 4. The van der Waals surface area contributed by atoms with Gasteiger partial charge in [-0.3, -0.25) is 19.5 Å². The van der Waals surface area contributed by atoms with Gasteiger partial charge in [-0.1, -0.05) is 17.7 Å². The molecule has 8 nitrogen and oxygen atoms in total. The van der Waals surface area contributed by atoms with Crippen LogP contribution in [0.25, 0.3) is 0 Å². The van der Waals surface area contributed by atoms with Crippen LogP contribution in [0.3, 0.4) is 0 Å². The Kier molecular flexibility index (Phi) is 5.46. The normalized spacial score (nSPS) is 15.6. The van der Waals surface area contributed by atoms with Gasteiger partial charge < -0.3 is 15.5 Å². The number of carbonyl (C=O) groups excluding carboxylic acids is 2. The standard InChI is InChI=1S/C23H21ClN6O2/c24-16-4-5-17-15(12-16)14-30(23(17)32)21-3-1-2-18(27-21)22(31)28-19-13-26-7-6-20(19)29-10-8-25-9-11-29/h1-7,12-13,25H,8-11,14H2,(H,28,31). The van der Waals surface area contributed by atoms with Crippen LogP contribution in [0.4, 0.5) is 17.2 Å². The molecule has 2 aromatic heterocycles. The first kappa shape index (κ1) is 20.4. The molecular formula is C23H21ClN6O2. The van der Waals surface area contributed by atoms with Gasteiger partial charge >= 0.3 is 0 Å². The van der Waals surface area contributed by atoms with Crippen molar-refractivity contribution in [2.24, 2.45) is 0 Å². The van der Waals surface area contributed by atoms with E-state index >= 15 is 0 Å². The fourth-order valence-corrected chi connectivity index (χ4v) is 4.22. The summed E-state index contributed by atoms with van der Waals surface area (Å²) in [5, 5.41) is 6.83. The quantitative estimate of drug-likeness (QED) is 0.637. The van der Waals surface area contributed by atoms with Gasteiger partial charge in [0.1, 0.15) is 11.5 Å². The van der Waals surface area contributed by atoms with Crippen LogP contribution in [0.5, 0.6) is 0 Å². The molecule has 2 N–H and O–H groups in total. The van der Waals surface area contributed by atoms with E-state index in [9.17, 15) is 9.59 Å². The molecule has 9 heteroatoms. The molecule has 0 bridgehead atoms. The van der Waals surface area contributed by atoms with Crippen molar-refractivity contribution in [3.63, 3.8) is 0 Å². The number of hydrogen-bond acceptors (Lipinski definition) is 6. The van der Waals surface area contributed by atoms with E-state index in [4.69, 9.17) is 11.6 Å². The van der Waals surface area contributed by atoms with E-state index in [0.29, 0.717) is 28.6 Å². The number of rotatable bonds is 4. The minimum absolute atomic E-state index is 0.157. The van der Waals surface area contributed by atoms with Gasteiger partial charge in [0.05, 0.1) is 24.1 Å². The number of piperazine rings is 1. The Labute approximate surface area is 190 Å². The van der Waals surface area contributed by atoms with E-state index in [1.807, 2.05) is 6.07 Å². The smallest absolute Gasteiger partial charge is 0.274 e. The van der Waals surface area contributed by atoms with Gasteiger partial charge in [0.15, 0.2) is 0 Å². The number of halogens is 1. The molecule has 2 amide bonds. The molecule has 5 rings (SSSR count). The molecule has 0 radical (unpaired) electrons. The van der Waals surface area contributed by atoms with E-state index in [-0.39, 0.29) is 17.5 Å². The molecule has 3 aromatic rings. The number of benzene rings is 1. The highest BCUT2D eigenvalue weighted by Crippen LogP contribution is 2.30. The summed E-state index contributed by atoms with van der Waals surface area (Å²) in [6, 6.07) is 12.2. The number of hydrogen-bond donors (Lipinski definition) is 2. The van der Waals surface area contributed by atoms with E-state index in [1.165, 1.54) is 0 Å². The number of pyridine rings is 2. The van der Waals surface area contributed by atoms with Gasteiger partial charge in [-0.15, -0.1) is 0 Å². The lowest BCUT2D eigenvalue weighted by Gasteiger charge is -2.30. The zero-order valence-electron chi connectivity index (χ0n) is 17.2. The van der Waals surface area contributed by atoms with Gasteiger partial charge in [-0.05, 0) is 42.0 Å². The molecule has 0 spiro atoms. The van der Waals surface area contributed by atoms with Crippen molar-refractivity contribution >= 4 is 40.6 Å². The van der Waals surface area contributed by atoms with E-state index in [1.54, 1.807) is 53.7 Å². The van der Waals surface area contributed by atoms with Crippen LogP contribution in [0.15, 0.2) is 54.9 Å². The van der Waals surface area contributed by atoms with Gasteiger partial charge in [-0.2, -0.15) is 0 Å². The summed E-state index contributed by atoms with van der Waals surface area (Å²) in [4.78, 5) is 38.2. The number of fused-ring (bicyclic) bond motifs is 1. The molecule has 1 saturated heterocycles. The van der Waals surface area contributed by atoms with Crippen molar-refractivity contribution < 1.29 is 9.59 Å². The molecule has 2 aliphatic rings. The summed E-state index contributed by atoms with van der Waals surface area (Å²) in [6.45, 7) is 3.83. The zero-order chi connectivity index (χ0) is 22.1. The van der Waals surface area contributed by atoms with Crippen LogP contribution in [-0.2, 0) is 6.54 Å². The first-order valence-corrected chi connectivity index (χ1v) is 10.8. The van der Waals surface area contributed by atoms with E-state index < -0.39 is 0 Å². The van der Waals surface area contributed by atoms with Gasteiger partial charge in [0.2, 0.25) is 0 Å². The molecule has 1 aromatic carbocycles. The van der Waals surface area contributed by atoms with Crippen molar-refractivity contribution in [1.82, 2.24) is 15.3 Å². The summed E-state index contributed by atoms with van der Waals surface area (Å²) >= 11 is 6.07. The van der Waals surface area contributed by atoms with Crippen molar-refractivity contribution in [3.05, 3.63) is 76.7 Å². The van der Waals surface area contributed by atoms with Crippen LogP contribution in [-0.4, -0.2) is 48.0 Å². The maximum absolute atomic E-state index is 13.0. The topological polar surface area (TPSA) is 90.5 Å². The number of nitrogens with one attached hydrogen (secondary N) is 2. The Hall–Kier alpha value is -3.49. The van der Waals surface area contributed by atoms with Crippen LogP contribution < -0.4 is 20.4 Å². The molecule has 2 aliphatic heterocycles. The summed E-state index contributed by atoms with van der Waals surface area (Å²) in [5.41, 5.74) is 3.22. The molecule has 0 saturated carbocycles. The molecule has 32 heavy (non-hydrogen) atoms. The van der Waals surface area contributed by atoms with E-state index in [0.717, 1.165) is 37.4 Å². The van der Waals surface area contributed by atoms with Crippen molar-refractivity contribution in [1.29, 1.82) is 0 Å². The summed E-state index contributed by atoms with van der Waals surface area (Å²) in [6.07, 6.45) is 3.36. The SMILES string of the molecule is O=C(Nc1cnccc1N1CCNCC1)c1cccc(N2Cc3cc(Cl)ccc3C2=O)n1. The second kappa shape index (κ2) is 8.57. The lowest BCUT2D eigenvalue weighted by atomic mass is 10.1. The van der Waals surface area contributed by atoms with Crippen LogP contribution in [0.2, 0.25) is 5.02 Å². The third kappa shape index (κ3) is 3.90. The number of aromatic nitrogens is 2. The highest BCUT2D eigenvalue weighted by atomic mass is 35.5. The Morgan fingerprint density at radius 1 is 1.12 bits per heavy atom. The molecule has 0 aliphatic carbocycles. The third-order valence-corrected chi connectivity index (χ3v) is 5.85. The lowest BCUT2D eigenvalue weighted by Crippen LogP contribution is -2.43.